The van der Waals surface area contributed by atoms with Crippen molar-refractivity contribution >= 4 is 6.08 Å². The minimum absolute atomic E-state index is 0.543. The largest absolute Gasteiger partial charge is 0.0721 e. The van der Waals surface area contributed by atoms with Gasteiger partial charge in [-0.1, -0.05) is 77.2 Å². The van der Waals surface area contributed by atoms with E-state index in [0.29, 0.717) is 5.41 Å². The van der Waals surface area contributed by atoms with Crippen molar-refractivity contribution in [3.63, 3.8) is 0 Å². The van der Waals surface area contributed by atoms with E-state index in [1.807, 2.05) is 0 Å². The van der Waals surface area contributed by atoms with Crippen LogP contribution in [0.1, 0.15) is 94.4 Å². The Hall–Kier alpha value is -1.04. The molecule has 2 aliphatic rings. The van der Waals surface area contributed by atoms with Crippen LogP contribution < -0.4 is 0 Å². The predicted octanol–water partition coefficient (Wildman–Crippen LogP) is 6.90. The molecule has 0 N–H and O–H groups in total. The topological polar surface area (TPSA) is 0 Å². The summed E-state index contributed by atoms with van der Waals surface area (Å²) in [5.74, 6) is 1.59. The molecule has 1 radical (unpaired) electrons. The first-order chi connectivity index (χ1) is 11.2. The second-order valence-corrected chi connectivity index (χ2v) is 7.79. The van der Waals surface area contributed by atoms with Crippen molar-refractivity contribution in [2.24, 2.45) is 5.41 Å². The monoisotopic (exact) mass is 309 g/mol. The standard InChI is InChI=1S/C23H33/c1-4-7-8-9-10-11-18-12-13-19-14-20-16-23(5-2,6-3)17-21(20)15-22(18)19/h12-15H,4-11,16-17H2,1-3H3. The van der Waals surface area contributed by atoms with Gasteiger partial charge >= 0.3 is 0 Å². The SMILES string of the molecule is CCCCCCC[C]1C=Cc2cc3c(cc21)CC(CC)(CC)C3. The lowest BCUT2D eigenvalue weighted by molar-refractivity contribution is 0.280. The van der Waals surface area contributed by atoms with Gasteiger partial charge in [0.2, 0.25) is 0 Å². The molecule has 0 heterocycles. The molecule has 0 amide bonds. The third kappa shape index (κ3) is 3.42. The zero-order chi connectivity index (χ0) is 16.3. The van der Waals surface area contributed by atoms with E-state index in [4.69, 9.17) is 0 Å². The zero-order valence-corrected chi connectivity index (χ0v) is 15.4. The molecule has 0 unspecified atom stereocenters. The fourth-order valence-corrected chi connectivity index (χ4v) is 4.49. The summed E-state index contributed by atoms with van der Waals surface area (Å²) in [6.07, 6.45) is 18.1. The smallest absolute Gasteiger partial charge is 0.0273 e. The van der Waals surface area contributed by atoms with Crippen LogP contribution in [0.15, 0.2) is 18.2 Å². The minimum Gasteiger partial charge on any atom is -0.0721 e. The maximum Gasteiger partial charge on any atom is 0.0273 e. The maximum atomic E-state index is 2.54. The van der Waals surface area contributed by atoms with Crippen molar-refractivity contribution in [2.75, 3.05) is 0 Å². The van der Waals surface area contributed by atoms with Crippen molar-refractivity contribution in [3.8, 4) is 0 Å². The van der Waals surface area contributed by atoms with Gasteiger partial charge in [0.05, 0.1) is 0 Å². The fraction of sp³-hybridized carbons (Fsp3) is 0.609. The molecular formula is C23H33. The molecule has 23 heavy (non-hydrogen) atoms. The average molecular weight is 310 g/mol. The number of hydrogen-bond donors (Lipinski definition) is 0. The van der Waals surface area contributed by atoms with Gasteiger partial charge in [0.25, 0.3) is 0 Å². The lowest BCUT2D eigenvalue weighted by Gasteiger charge is -2.25. The summed E-state index contributed by atoms with van der Waals surface area (Å²) in [6.45, 7) is 7.03. The Balaban J connectivity index is 1.67. The van der Waals surface area contributed by atoms with E-state index in [2.05, 4.69) is 45.1 Å². The Morgan fingerprint density at radius 3 is 2.22 bits per heavy atom. The molecule has 0 heteroatoms. The Labute approximate surface area is 143 Å². The summed E-state index contributed by atoms with van der Waals surface area (Å²) >= 11 is 0. The number of allylic oxidation sites excluding steroid dienone is 1. The van der Waals surface area contributed by atoms with E-state index < -0.39 is 0 Å². The third-order valence-electron chi connectivity index (χ3n) is 6.36. The summed E-state index contributed by atoms with van der Waals surface area (Å²) in [7, 11) is 0. The molecule has 1 aromatic rings. The fourth-order valence-electron chi connectivity index (χ4n) is 4.49. The second kappa shape index (κ2) is 7.24. The molecule has 0 spiro atoms. The highest BCUT2D eigenvalue weighted by Gasteiger charge is 2.35. The summed E-state index contributed by atoms with van der Waals surface area (Å²) < 4.78 is 0. The van der Waals surface area contributed by atoms with Crippen molar-refractivity contribution in [2.45, 2.75) is 85.0 Å². The number of benzene rings is 1. The number of hydrogen-bond acceptors (Lipinski definition) is 0. The molecule has 0 aromatic heterocycles. The molecule has 0 saturated carbocycles. The lowest BCUT2D eigenvalue weighted by Crippen LogP contribution is -2.18. The van der Waals surface area contributed by atoms with E-state index >= 15 is 0 Å². The molecule has 0 bridgehead atoms. The van der Waals surface area contributed by atoms with Crippen LogP contribution in [0.2, 0.25) is 0 Å². The highest BCUT2D eigenvalue weighted by Crippen LogP contribution is 2.45. The van der Waals surface area contributed by atoms with Gasteiger partial charge in [0, 0.05) is 5.92 Å². The molecular weight excluding hydrogens is 276 g/mol. The predicted molar refractivity (Wildman–Crippen MR) is 102 cm³/mol. The molecule has 1 aromatic carbocycles. The Bertz CT molecular complexity index is 560. The number of unbranched alkanes of at least 4 members (excludes halogenated alkanes) is 4. The van der Waals surface area contributed by atoms with Gasteiger partial charge in [-0.25, -0.2) is 0 Å². The average Bonchev–Trinajstić information content (AvgIpc) is 3.13. The first-order valence-corrected chi connectivity index (χ1v) is 9.91. The molecule has 3 rings (SSSR count). The third-order valence-corrected chi connectivity index (χ3v) is 6.36. The molecule has 125 valence electrons. The number of fused-ring (bicyclic) bond motifs is 2. The lowest BCUT2D eigenvalue weighted by atomic mass is 9.80. The van der Waals surface area contributed by atoms with Crippen LogP contribution in [-0.2, 0) is 12.8 Å². The van der Waals surface area contributed by atoms with Crippen molar-refractivity contribution in [1.29, 1.82) is 0 Å². The zero-order valence-electron chi connectivity index (χ0n) is 15.4. The minimum atomic E-state index is 0.543. The summed E-state index contributed by atoms with van der Waals surface area (Å²) in [5, 5.41) is 0. The molecule has 0 fully saturated rings. The van der Waals surface area contributed by atoms with Crippen LogP contribution in [0.4, 0.5) is 0 Å². The molecule has 0 nitrogen and oxygen atoms in total. The van der Waals surface area contributed by atoms with E-state index in [1.165, 1.54) is 69.8 Å². The van der Waals surface area contributed by atoms with Gasteiger partial charge in [-0.3, -0.25) is 0 Å². The van der Waals surface area contributed by atoms with Gasteiger partial charge in [0.1, 0.15) is 0 Å². The normalized spacial score (nSPS) is 18.4. The van der Waals surface area contributed by atoms with Gasteiger partial charge in [-0.15, -0.1) is 0 Å². The van der Waals surface area contributed by atoms with Crippen LogP contribution in [-0.4, -0.2) is 0 Å². The molecule has 0 atom stereocenters. The maximum absolute atomic E-state index is 2.54. The summed E-state index contributed by atoms with van der Waals surface area (Å²) in [4.78, 5) is 0. The van der Waals surface area contributed by atoms with E-state index in [0.717, 1.165) is 0 Å². The molecule has 2 aliphatic carbocycles. The van der Waals surface area contributed by atoms with E-state index in [1.54, 1.807) is 22.6 Å². The van der Waals surface area contributed by atoms with Crippen molar-refractivity contribution < 1.29 is 0 Å². The highest BCUT2D eigenvalue weighted by atomic mass is 14.4. The second-order valence-electron chi connectivity index (χ2n) is 7.79. The Kier molecular flexibility index (Phi) is 5.29. The van der Waals surface area contributed by atoms with Crippen LogP contribution in [0.5, 0.6) is 0 Å². The Morgan fingerprint density at radius 1 is 0.826 bits per heavy atom. The summed E-state index contributed by atoms with van der Waals surface area (Å²) in [6, 6.07) is 5.04. The van der Waals surface area contributed by atoms with E-state index in [-0.39, 0.29) is 0 Å². The molecule has 0 aliphatic heterocycles. The molecule has 0 saturated heterocycles. The van der Waals surface area contributed by atoms with Crippen LogP contribution >= 0.6 is 0 Å². The highest BCUT2D eigenvalue weighted by molar-refractivity contribution is 5.70. The van der Waals surface area contributed by atoms with E-state index in [9.17, 15) is 0 Å². The van der Waals surface area contributed by atoms with Crippen molar-refractivity contribution in [3.05, 3.63) is 46.4 Å². The van der Waals surface area contributed by atoms with Crippen LogP contribution in [0.3, 0.4) is 0 Å². The van der Waals surface area contributed by atoms with Gasteiger partial charge < -0.3 is 0 Å². The van der Waals surface area contributed by atoms with Crippen molar-refractivity contribution in [1.82, 2.24) is 0 Å². The van der Waals surface area contributed by atoms with Gasteiger partial charge in [-0.2, -0.15) is 0 Å². The van der Waals surface area contributed by atoms with Gasteiger partial charge in [-0.05, 0) is 59.8 Å². The first-order valence-electron chi connectivity index (χ1n) is 9.91. The quantitative estimate of drug-likeness (QED) is 0.458. The first kappa shape index (κ1) is 16.8. The van der Waals surface area contributed by atoms with Crippen LogP contribution in [0, 0.1) is 11.3 Å². The summed E-state index contributed by atoms with van der Waals surface area (Å²) in [5.41, 5.74) is 6.83. The number of rotatable bonds is 8. The van der Waals surface area contributed by atoms with Crippen LogP contribution in [0.25, 0.3) is 6.08 Å². The van der Waals surface area contributed by atoms with Gasteiger partial charge in [0.15, 0.2) is 0 Å². The Morgan fingerprint density at radius 2 is 1.52 bits per heavy atom.